The van der Waals surface area contributed by atoms with Gasteiger partial charge in [0.1, 0.15) is 11.4 Å². The second-order valence-electron chi connectivity index (χ2n) is 4.13. The van der Waals surface area contributed by atoms with Crippen LogP contribution < -0.4 is 0 Å². The second kappa shape index (κ2) is 4.73. The zero-order valence-corrected chi connectivity index (χ0v) is 10.6. The first-order valence-electron chi connectivity index (χ1n) is 5.88. The lowest BCUT2D eigenvalue weighted by Crippen LogP contribution is -2.04. The standard InChI is InChI=1S/C14H10FN3O2/c1-20-14(19)11-6-3-7-18-13(11)16-12(17-18)9-4-2-5-10(15)8-9/h2-8H,1H3. The number of pyridine rings is 1. The minimum atomic E-state index is -0.492. The third kappa shape index (κ3) is 2.01. The Morgan fingerprint density at radius 1 is 1.30 bits per heavy atom. The second-order valence-corrected chi connectivity index (χ2v) is 4.13. The molecule has 0 fully saturated rings. The fourth-order valence-corrected chi connectivity index (χ4v) is 1.93. The van der Waals surface area contributed by atoms with Crippen LogP contribution in [0.4, 0.5) is 4.39 Å². The third-order valence-corrected chi connectivity index (χ3v) is 2.85. The molecule has 0 saturated carbocycles. The van der Waals surface area contributed by atoms with Crippen molar-refractivity contribution in [2.24, 2.45) is 0 Å². The Kier molecular flexibility index (Phi) is 2.90. The Hall–Kier alpha value is -2.76. The highest BCUT2D eigenvalue weighted by Crippen LogP contribution is 2.19. The van der Waals surface area contributed by atoms with Crippen molar-refractivity contribution < 1.29 is 13.9 Å². The number of methoxy groups -OCH3 is 1. The maximum atomic E-state index is 13.2. The summed E-state index contributed by atoms with van der Waals surface area (Å²) in [5, 5.41) is 4.23. The molecular formula is C14H10FN3O2. The first-order valence-corrected chi connectivity index (χ1v) is 5.88. The number of halogens is 1. The highest BCUT2D eigenvalue weighted by molar-refractivity contribution is 5.95. The van der Waals surface area contributed by atoms with Gasteiger partial charge in [0.15, 0.2) is 11.5 Å². The number of carbonyl (C=O) groups is 1. The lowest BCUT2D eigenvalue weighted by atomic mass is 10.2. The van der Waals surface area contributed by atoms with Gasteiger partial charge in [-0.3, -0.25) is 0 Å². The van der Waals surface area contributed by atoms with Gasteiger partial charge in [0.05, 0.1) is 7.11 Å². The lowest BCUT2D eigenvalue weighted by Gasteiger charge is -1.99. The van der Waals surface area contributed by atoms with Crippen molar-refractivity contribution in [2.75, 3.05) is 7.11 Å². The van der Waals surface area contributed by atoms with Crippen molar-refractivity contribution in [3.05, 3.63) is 54.0 Å². The fourth-order valence-electron chi connectivity index (χ4n) is 1.93. The average Bonchev–Trinajstić information content (AvgIpc) is 2.90. The first-order chi connectivity index (χ1) is 9.69. The van der Waals surface area contributed by atoms with E-state index in [0.29, 0.717) is 22.6 Å². The number of ether oxygens (including phenoxy) is 1. The van der Waals surface area contributed by atoms with E-state index in [1.807, 2.05) is 0 Å². The molecule has 0 N–H and O–H groups in total. The Balaban J connectivity index is 2.18. The molecule has 2 aromatic heterocycles. The van der Waals surface area contributed by atoms with E-state index in [4.69, 9.17) is 4.74 Å². The molecule has 0 unspecified atom stereocenters. The fraction of sp³-hybridized carbons (Fsp3) is 0.0714. The number of aromatic nitrogens is 3. The van der Waals surface area contributed by atoms with Gasteiger partial charge < -0.3 is 4.74 Å². The SMILES string of the molecule is COC(=O)c1cccn2nc(-c3cccc(F)c3)nc12. The predicted octanol–water partition coefficient (Wildman–Crippen LogP) is 2.32. The van der Waals surface area contributed by atoms with E-state index in [1.54, 1.807) is 30.5 Å². The Labute approximate surface area is 113 Å². The number of hydrogen-bond acceptors (Lipinski definition) is 4. The minimum Gasteiger partial charge on any atom is -0.465 e. The molecule has 3 rings (SSSR count). The van der Waals surface area contributed by atoms with Gasteiger partial charge in [-0.05, 0) is 24.3 Å². The number of fused-ring (bicyclic) bond motifs is 1. The number of rotatable bonds is 2. The number of nitrogens with zero attached hydrogens (tertiary/aromatic N) is 3. The molecule has 0 bridgehead atoms. The van der Waals surface area contributed by atoms with Gasteiger partial charge in [-0.15, -0.1) is 5.10 Å². The van der Waals surface area contributed by atoms with Gasteiger partial charge in [0, 0.05) is 11.8 Å². The van der Waals surface area contributed by atoms with Crippen molar-refractivity contribution >= 4 is 11.6 Å². The normalized spacial score (nSPS) is 10.7. The molecule has 0 amide bonds. The zero-order valence-electron chi connectivity index (χ0n) is 10.6. The summed E-state index contributed by atoms with van der Waals surface area (Å²) >= 11 is 0. The maximum Gasteiger partial charge on any atom is 0.341 e. The highest BCUT2D eigenvalue weighted by atomic mass is 19.1. The summed E-state index contributed by atoms with van der Waals surface area (Å²) in [6.07, 6.45) is 1.66. The molecule has 0 radical (unpaired) electrons. The zero-order chi connectivity index (χ0) is 14.1. The highest BCUT2D eigenvalue weighted by Gasteiger charge is 2.15. The molecule has 2 heterocycles. The van der Waals surface area contributed by atoms with Crippen LogP contribution in [0.25, 0.3) is 17.0 Å². The molecule has 0 atom stereocenters. The smallest absolute Gasteiger partial charge is 0.341 e. The minimum absolute atomic E-state index is 0.310. The quantitative estimate of drug-likeness (QED) is 0.671. The van der Waals surface area contributed by atoms with Gasteiger partial charge in [-0.2, -0.15) is 0 Å². The molecule has 3 aromatic rings. The number of esters is 1. The Morgan fingerprint density at radius 3 is 2.90 bits per heavy atom. The summed E-state index contributed by atoms with van der Waals surface area (Å²) in [4.78, 5) is 15.9. The van der Waals surface area contributed by atoms with Gasteiger partial charge in [0.2, 0.25) is 0 Å². The van der Waals surface area contributed by atoms with Crippen LogP contribution in [0.15, 0.2) is 42.6 Å². The molecule has 100 valence electrons. The summed E-state index contributed by atoms with van der Waals surface area (Å²) in [7, 11) is 1.30. The molecule has 5 nitrogen and oxygen atoms in total. The van der Waals surface area contributed by atoms with E-state index < -0.39 is 5.97 Å². The number of carbonyl (C=O) groups excluding carboxylic acids is 1. The molecule has 0 spiro atoms. The van der Waals surface area contributed by atoms with Crippen molar-refractivity contribution in [1.82, 2.24) is 14.6 Å². The number of benzene rings is 1. The summed E-state index contributed by atoms with van der Waals surface area (Å²) in [6, 6.07) is 9.24. The van der Waals surface area contributed by atoms with E-state index in [0.717, 1.165) is 0 Å². The Bertz CT molecular complexity index is 798. The van der Waals surface area contributed by atoms with E-state index in [-0.39, 0.29) is 5.82 Å². The van der Waals surface area contributed by atoms with Crippen LogP contribution in [0.5, 0.6) is 0 Å². The predicted molar refractivity (Wildman–Crippen MR) is 69.7 cm³/mol. The molecule has 20 heavy (non-hydrogen) atoms. The molecule has 0 aliphatic carbocycles. The van der Waals surface area contributed by atoms with Crippen LogP contribution >= 0.6 is 0 Å². The summed E-state index contributed by atoms with van der Waals surface area (Å²) in [5.74, 6) is -0.510. The largest absolute Gasteiger partial charge is 0.465 e. The van der Waals surface area contributed by atoms with Crippen molar-refractivity contribution in [1.29, 1.82) is 0 Å². The van der Waals surface area contributed by atoms with E-state index in [1.165, 1.54) is 23.8 Å². The maximum absolute atomic E-state index is 13.2. The van der Waals surface area contributed by atoms with Crippen LogP contribution in [0.2, 0.25) is 0 Å². The molecule has 6 heteroatoms. The first kappa shape index (κ1) is 12.3. The third-order valence-electron chi connectivity index (χ3n) is 2.85. The van der Waals surface area contributed by atoms with Crippen LogP contribution in [0, 0.1) is 5.82 Å². The number of hydrogen-bond donors (Lipinski definition) is 0. The van der Waals surface area contributed by atoms with Gasteiger partial charge in [-0.1, -0.05) is 12.1 Å². The van der Waals surface area contributed by atoms with Crippen LogP contribution in [0.3, 0.4) is 0 Å². The Morgan fingerprint density at radius 2 is 2.15 bits per heavy atom. The van der Waals surface area contributed by atoms with E-state index in [2.05, 4.69) is 10.1 Å². The summed E-state index contributed by atoms with van der Waals surface area (Å²) in [5.41, 5.74) is 1.23. The summed E-state index contributed by atoms with van der Waals surface area (Å²) in [6.45, 7) is 0. The topological polar surface area (TPSA) is 56.5 Å². The monoisotopic (exact) mass is 271 g/mol. The molecular weight excluding hydrogens is 261 g/mol. The van der Waals surface area contributed by atoms with E-state index in [9.17, 15) is 9.18 Å². The van der Waals surface area contributed by atoms with Crippen LogP contribution in [0.1, 0.15) is 10.4 Å². The molecule has 0 aliphatic heterocycles. The van der Waals surface area contributed by atoms with Gasteiger partial charge >= 0.3 is 5.97 Å². The average molecular weight is 271 g/mol. The van der Waals surface area contributed by atoms with E-state index >= 15 is 0 Å². The van der Waals surface area contributed by atoms with Crippen molar-refractivity contribution in [2.45, 2.75) is 0 Å². The summed E-state index contributed by atoms with van der Waals surface area (Å²) < 4.78 is 19.4. The molecule has 0 aliphatic rings. The van der Waals surface area contributed by atoms with Crippen LogP contribution in [-0.4, -0.2) is 27.7 Å². The molecule has 0 saturated heterocycles. The molecule has 1 aromatic carbocycles. The van der Waals surface area contributed by atoms with Crippen LogP contribution in [-0.2, 0) is 4.74 Å². The van der Waals surface area contributed by atoms with Crippen molar-refractivity contribution in [3.8, 4) is 11.4 Å². The lowest BCUT2D eigenvalue weighted by molar-refractivity contribution is 0.0602. The van der Waals surface area contributed by atoms with Crippen molar-refractivity contribution in [3.63, 3.8) is 0 Å². The van der Waals surface area contributed by atoms with Gasteiger partial charge in [0.25, 0.3) is 0 Å². The van der Waals surface area contributed by atoms with Gasteiger partial charge in [-0.25, -0.2) is 18.7 Å².